The second kappa shape index (κ2) is 15.0. The van der Waals surface area contributed by atoms with E-state index in [0.717, 1.165) is 58.4 Å². The van der Waals surface area contributed by atoms with Crippen LogP contribution in [0, 0.1) is 5.92 Å². The van der Waals surface area contributed by atoms with Crippen LogP contribution in [-0.2, 0) is 9.47 Å². The van der Waals surface area contributed by atoms with Gasteiger partial charge in [0, 0.05) is 38.3 Å². The Hall–Kier alpha value is -0.120. The number of hydrogen-bond donors (Lipinski definition) is 2. The number of hydrogen-bond acceptors (Lipinski definition) is 4. The van der Waals surface area contributed by atoms with E-state index in [9.17, 15) is 0 Å². The van der Waals surface area contributed by atoms with Crippen LogP contribution in [0.5, 0.6) is 0 Å². The molecule has 7 heteroatoms. The summed E-state index contributed by atoms with van der Waals surface area (Å²) in [6.45, 7) is 17.6. The van der Waals surface area contributed by atoms with Crippen molar-refractivity contribution >= 4 is 29.9 Å². The average molecular weight is 470 g/mol. The predicted molar refractivity (Wildman–Crippen MR) is 116 cm³/mol. The molecule has 0 aromatic carbocycles. The van der Waals surface area contributed by atoms with E-state index in [1.54, 1.807) is 0 Å². The van der Waals surface area contributed by atoms with Crippen molar-refractivity contribution < 1.29 is 9.47 Å². The van der Waals surface area contributed by atoms with Crippen LogP contribution in [0.15, 0.2) is 4.99 Å². The van der Waals surface area contributed by atoms with E-state index in [-0.39, 0.29) is 24.0 Å². The highest BCUT2D eigenvalue weighted by Crippen LogP contribution is 2.10. The molecule has 0 aromatic heterocycles. The zero-order valence-corrected chi connectivity index (χ0v) is 19.0. The number of nitrogens with one attached hydrogen (secondary N) is 2. The molecule has 1 fully saturated rings. The van der Waals surface area contributed by atoms with Crippen molar-refractivity contribution in [1.29, 1.82) is 0 Å². The van der Waals surface area contributed by atoms with E-state index >= 15 is 0 Å². The fourth-order valence-electron chi connectivity index (χ4n) is 2.73. The molecule has 1 heterocycles. The first kappa shape index (κ1) is 24.9. The molecule has 0 radical (unpaired) electrons. The standard InChI is InChI=1S/C18H38N4O2.HI/c1-6-19-18(20-8-11-23-10-7-15(2)3)21-13-16(4)22-9-12-24-14-17(22)5;/h15-17H,6-14H2,1-5H3,(H2,19,20,21);1H. The molecule has 1 saturated heterocycles. The monoisotopic (exact) mass is 470 g/mol. The Labute approximate surface area is 171 Å². The van der Waals surface area contributed by atoms with Gasteiger partial charge in [0.15, 0.2) is 5.96 Å². The molecule has 0 amide bonds. The molecule has 150 valence electrons. The summed E-state index contributed by atoms with van der Waals surface area (Å²) in [5, 5.41) is 6.65. The molecule has 25 heavy (non-hydrogen) atoms. The molecule has 0 saturated carbocycles. The normalized spacial score (nSPS) is 20.2. The number of rotatable bonds is 10. The van der Waals surface area contributed by atoms with Crippen molar-refractivity contribution in [3.05, 3.63) is 0 Å². The third kappa shape index (κ3) is 11.2. The summed E-state index contributed by atoms with van der Waals surface area (Å²) in [4.78, 5) is 7.20. The number of ether oxygens (including phenoxy) is 2. The van der Waals surface area contributed by atoms with Gasteiger partial charge in [0.1, 0.15) is 0 Å². The molecular formula is C18H39IN4O2. The first-order chi connectivity index (χ1) is 11.5. The number of halogens is 1. The summed E-state index contributed by atoms with van der Waals surface area (Å²) in [7, 11) is 0. The highest BCUT2D eigenvalue weighted by Gasteiger charge is 2.23. The summed E-state index contributed by atoms with van der Waals surface area (Å²) < 4.78 is 11.2. The van der Waals surface area contributed by atoms with Gasteiger partial charge in [-0.25, -0.2) is 0 Å². The minimum atomic E-state index is 0. The third-order valence-electron chi connectivity index (χ3n) is 4.22. The number of aliphatic imine (C=N–C) groups is 1. The minimum absolute atomic E-state index is 0. The lowest BCUT2D eigenvalue weighted by atomic mass is 10.1. The maximum atomic E-state index is 5.64. The SMILES string of the molecule is CCNC(=NCC(C)N1CCOCC1C)NCCOCCC(C)C.I. The van der Waals surface area contributed by atoms with Gasteiger partial charge in [-0.3, -0.25) is 9.89 Å². The van der Waals surface area contributed by atoms with Crippen LogP contribution in [0.1, 0.15) is 41.0 Å². The zero-order chi connectivity index (χ0) is 17.8. The van der Waals surface area contributed by atoms with Crippen LogP contribution < -0.4 is 10.6 Å². The number of guanidine groups is 1. The molecule has 1 aliphatic heterocycles. The van der Waals surface area contributed by atoms with Crippen molar-refractivity contribution in [2.24, 2.45) is 10.9 Å². The Kier molecular flexibility index (Phi) is 14.9. The lowest BCUT2D eigenvalue weighted by molar-refractivity contribution is -0.0165. The summed E-state index contributed by atoms with van der Waals surface area (Å²) in [6.07, 6.45) is 1.11. The Morgan fingerprint density at radius 1 is 1.28 bits per heavy atom. The largest absolute Gasteiger partial charge is 0.380 e. The molecule has 6 nitrogen and oxygen atoms in total. The molecule has 1 aliphatic rings. The predicted octanol–water partition coefficient (Wildman–Crippen LogP) is 2.33. The number of morpholine rings is 1. The Morgan fingerprint density at radius 3 is 2.68 bits per heavy atom. The lowest BCUT2D eigenvalue weighted by Gasteiger charge is -2.37. The highest BCUT2D eigenvalue weighted by atomic mass is 127. The molecule has 2 N–H and O–H groups in total. The van der Waals surface area contributed by atoms with E-state index in [1.165, 1.54) is 0 Å². The summed E-state index contributed by atoms with van der Waals surface area (Å²) in [5.41, 5.74) is 0. The van der Waals surface area contributed by atoms with E-state index in [1.807, 2.05) is 0 Å². The molecule has 0 aromatic rings. The molecule has 0 bridgehead atoms. The first-order valence-corrected chi connectivity index (χ1v) is 9.48. The molecule has 2 unspecified atom stereocenters. The first-order valence-electron chi connectivity index (χ1n) is 9.48. The molecule has 0 aliphatic carbocycles. The van der Waals surface area contributed by atoms with Gasteiger partial charge in [-0.15, -0.1) is 24.0 Å². The average Bonchev–Trinajstić information content (AvgIpc) is 2.55. The molecule has 0 spiro atoms. The van der Waals surface area contributed by atoms with E-state index in [2.05, 4.69) is 50.2 Å². The number of nitrogens with zero attached hydrogens (tertiary/aromatic N) is 2. The molecule has 1 rings (SSSR count). The van der Waals surface area contributed by atoms with Crippen LogP contribution in [0.25, 0.3) is 0 Å². The van der Waals surface area contributed by atoms with Crippen LogP contribution in [0.3, 0.4) is 0 Å². The molecular weight excluding hydrogens is 431 g/mol. The van der Waals surface area contributed by atoms with Gasteiger partial charge in [-0.05, 0) is 33.1 Å². The summed E-state index contributed by atoms with van der Waals surface area (Å²) in [6, 6.07) is 0.885. The van der Waals surface area contributed by atoms with Gasteiger partial charge in [-0.2, -0.15) is 0 Å². The summed E-state index contributed by atoms with van der Waals surface area (Å²) >= 11 is 0. The third-order valence-corrected chi connectivity index (χ3v) is 4.22. The van der Waals surface area contributed by atoms with Gasteiger partial charge in [-0.1, -0.05) is 13.8 Å². The van der Waals surface area contributed by atoms with Crippen LogP contribution in [0.4, 0.5) is 0 Å². The lowest BCUT2D eigenvalue weighted by Crippen LogP contribution is -2.49. The van der Waals surface area contributed by atoms with Crippen LogP contribution >= 0.6 is 24.0 Å². The fraction of sp³-hybridized carbons (Fsp3) is 0.944. The van der Waals surface area contributed by atoms with Gasteiger partial charge < -0.3 is 20.1 Å². The van der Waals surface area contributed by atoms with Crippen molar-refractivity contribution in [2.75, 3.05) is 52.6 Å². The Morgan fingerprint density at radius 2 is 2.04 bits per heavy atom. The van der Waals surface area contributed by atoms with Gasteiger partial charge >= 0.3 is 0 Å². The highest BCUT2D eigenvalue weighted by molar-refractivity contribution is 14.0. The van der Waals surface area contributed by atoms with Crippen LogP contribution in [0.2, 0.25) is 0 Å². The van der Waals surface area contributed by atoms with Crippen molar-refractivity contribution in [2.45, 2.75) is 53.1 Å². The van der Waals surface area contributed by atoms with Gasteiger partial charge in [0.25, 0.3) is 0 Å². The topological polar surface area (TPSA) is 58.1 Å². The van der Waals surface area contributed by atoms with E-state index in [4.69, 9.17) is 14.5 Å². The zero-order valence-electron chi connectivity index (χ0n) is 16.7. The fourth-order valence-corrected chi connectivity index (χ4v) is 2.73. The second-order valence-electron chi connectivity index (χ2n) is 6.95. The van der Waals surface area contributed by atoms with Crippen molar-refractivity contribution in [1.82, 2.24) is 15.5 Å². The maximum absolute atomic E-state index is 5.64. The van der Waals surface area contributed by atoms with Crippen molar-refractivity contribution in [3.8, 4) is 0 Å². The van der Waals surface area contributed by atoms with E-state index in [0.29, 0.717) is 24.6 Å². The van der Waals surface area contributed by atoms with Gasteiger partial charge in [0.2, 0.25) is 0 Å². The molecule has 2 atom stereocenters. The minimum Gasteiger partial charge on any atom is -0.380 e. The second-order valence-corrected chi connectivity index (χ2v) is 6.95. The summed E-state index contributed by atoms with van der Waals surface area (Å²) in [5.74, 6) is 1.57. The quantitative estimate of drug-likeness (QED) is 0.222. The van der Waals surface area contributed by atoms with Crippen LogP contribution in [-0.4, -0.2) is 75.5 Å². The Bertz CT molecular complexity index is 356. The maximum Gasteiger partial charge on any atom is 0.191 e. The Balaban J connectivity index is 0.00000576. The van der Waals surface area contributed by atoms with E-state index < -0.39 is 0 Å². The smallest absolute Gasteiger partial charge is 0.191 e. The van der Waals surface area contributed by atoms with Gasteiger partial charge in [0.05, 0.1) is 26.4 Å². The van der Waals surface area contributed by atoms with Crippen molar-refractivity contribution in [3.63, 3.8) is 0 Å².